The number of ether oxygens (including phenoxy) is 1. The summed E-state index contributed by atoms with van der Waals surface area (Å²) in [5, 5.41) is 13.5. The average molecular weight is 270 g/mol. The zero-order valence-corrected chi connectivity index (χ0v) is 12.3. The molecule has 2 saturated heterocycles. The lowest BCUT2D eigenvalue weighted by molar-refractivity contribution is -0.00968. The summed E-state index contributed by atoms with van der Waals surface area (Å²) >= 11 is 0. The van der Waals surface area contributed by atoms with Gasteiger partial charge in [0, 0.05) is 12.6 Å². The van der Waals surface area contributed by atoms with Crippen molar-refractivity contribution in [3.8, 4) is 0 Å². The van der Waals surface area contributed by atoms with Gasteiger partial charge in [0.25, 0.3) is 0 Å². The number of hydrogen-bond acceptors (Lipinski definition) is 4. The van der Waals surface area contributed by atoms with Crippen LogP contribution < -0.4 is 5.32 Å². The zero-order valence-electron chi connectivity index (χ0n) is 12.3. The third-order valence-electron chi connectivity index (χ3n) is 3.99. The maximum Gasteiger partial charge on any atom is 0.410 e. The van der Waals surface area contributed by atoms with Gasteiger partial charge in [0.1, 0.15) is 5.60 Å². The van der Waals surface area contributed by atoms with Gasteiger partial charge in [0.15, 0.2) is 0 Å². The van der Waals surface area contributed by atoms with E-state index in [1.165, 1.54) is 0 Å². The van der Waals surface area contributed by atoms with Gasteiger partial charge >= 0.3 is 6.09 Å². The molecule has 0 aromatic carbocycles. The summed E-state index contributed by atoms with van der Waals surface area (Å²) in [5.74, 6) is 0. The minimum absolute atomic E-state index is 0.0312. The fraction of sp³-hybridized carbons (Fsp3) is 0.929. The van der Waals surface area contributed by atoms with E-state index in [1.807, 2.05) is 32.6 Å². The molecule has 5 heteroatoms. The molecular weight excluding hydrogens is 244 g/mol. The highest BCUT2D eigenvalue weighted by Gasteiger charge is 2.47. The van der Waals surface area contributed by atoms with Crippen molar-refractivity contribution in [2.45, 2.75) is 76.8 Å². The lowest BCUT2D eigenvalue weighted by Gasteiger charge is -2.42. The average Bonchev–Trinajstić information content (AvgIpc) is 2.61. The second kappa shape index (κ2) is 5.29. The third-order valence-corrected chi connectivity index (χ3v) is 3.99. The van der Waals surface area contributed by atoms with Crippen LogP contribution in [0, 0.1) is 0 Å². The van der Waals surface area contributed by atoms with Gasteiger partial charge in [-0.3, -0.25) is 4.90 Å². The standard InChI is InChI=1S/C14H26N2O3/c1-5-11(17)12-10-7-6-9(8-15-12)16(10)13(18)19-14(2,3)4/h9-12,15,17H,5-8H2,1-4H3/t9?,10-,11-,12-/m0/s1. The molecule has 2 N–H and O–H groups in total. The first-order chi connectivity index (χ1) is 8.83. The number of rotatable bonds is 2. The summed E-state index contributed by atoms with van der Waals surface area (Å²) in [6.07, 6.45) is 1.98. The van der Waals surface area contributed by atoms with Crippen LogP contribution in [-0.4, -0.2) is 52.5 Å². The Kier molecular flexibility index (Phi) is 4.06. The molecule has 2 rings (SSSR count). The number of fused-ring (bicyclic) bond motifs is 2. The Bertz CT molecular complexity index is 340. The first kappa shape index (κ1) is 14.6. The molecule has 1 amide bonds. The van der Waals surface area contributed by atoms with Gasteiger partial charge in [-0.25, -0.2) is 4.79 Å². The molecule has 0 aromatic heterocycles. The van der Waals surface area contributed by atoms with Crippen molar-refractivity contribution in [1.82, 2.24) is 10.2 Å². The molecule has 2 fully saturated rings. The first-order valence-electron chi connectivity index (χ1n) is 7.26. The third kappa shape index (κ3) is 3.03. The number of aliphatic hydroxyl groups is 1. The molecule has 5 nitrogen and oxygen atoms in total. The van der Waals surface area contributed by atoms with Crippen LogP contribution >= 0.6 is 0 Å². The summed E-state index contributed by atoms with van der Waals surface area (Å²) in [4.78, 5) is 14.2. The fourth-order valence-corrected chi connectivity index (χ4v) is 3.12. The number of nitrogens with one attached hydrogen (secondary N) is 1. The van der Waals surface area contributed by atoms with Gasteiger partial charge in [-0.1, -0.05) is 6.92 Å². The molecule has 0 saturated carbocycles. The van der Waals surface area contributed by atoms with Gasteiger partial charge in [0.2, 0.25) is 0 Å². The minimum Gasteiger partial charge on any atom is -0.444 e. The number of amides is 1. The lowest BCUT2D eigenvalue weighted by atomic mass is 9.98. The largest absolute Gasteiger partial charge is 0.444 e. The van der Waals surface area contributed by atoms with Crippen LogP contribution in [0.15, 0.2) is 0 Å². The Hall–Kier alpha value is -0.810. The van der Waals surface area contributed by atoms with Crippen molar-refractivity contribution < 1.29 is 14.6 Å². The van der Waals surface area contributed by atoms with Gasteiger partial charge in [-0.2, -0.15) is 0 Å². The molecule has 2 aliphatic rings. The molecule has 2 heterocycles. The molecule has 110 valence electrons. The molecule has 2 aliphatic heterocycles. The van der Waals surface area contributed by atoms with Gasteiger partial charge in [0.05, 0.1) is 18.2 Å². The lowest BCUT2D eigenvalue weighted by Crippen LogP contribution is -2.63. The number of piperazine rings is 1. The summed E-state index contributed by atoms with van der Waals surface area (Å²) in [6.45, 7) is 8.36. The Labute approximate surface area is 115 Å². The molecule has 0 aliphatic carbocycles. The van der Waals surface area contributed by atoms with Gasteiger partial charge in [-0.05, 0) is 40.0 Å². The Morgan fingerprint density at radius 1 is 1.47 bits per heavy atom. The monoisotopic (exact) mass is 270 g/mol. The Morgan fingerprint density at radius 3 is 2.74 bits per heavy atom. The molecule has 1 unspecified atom stereocenters. The molecule has 0 aromatic rings. The highest BCUT2D eigenvalue weighted by atomic mass is 16.6. The van der Waals surface area contributed by atoms with Crippen molar-refractivity contribution in [3.05, 3.63) is 0 Å². The quantitative estimate of drug-likeness (QED) is 0.798. The zero-order chi connectivity index (χ0) is 14.2. The van der Waals surface area contributed by atoms with E-state index in [9.17, 15) is 9.90 Å². The number of carbonyl (C=O) groups excluding carboxylic acids is 1. The first-order valence-corrected chi connectivity index (χ1v) is 7.26. The van der Waals surface area contributed by atoms with Crippen molar-refractivity contribution in [2.24, 2.45) is 0 Å². The SMILES string of the molecule is CC[C@H](O)[C@H]1NCC2CC[C@@H]1N2C(=O)OC(C)(C)C. The summed E-state index contributed by atoms with van der Waals surface area (Å²) in [5.41, 5.74) is -0.472. The highest BCUT2D eigenvalue weighted by molar-refractivity contribution is 5.70. The molecular formula is C14H26N2O3. The predicted octanol–water partition coefficient (Wildman–Crippen LogP) is 1.50. The second-order valence-electron chi connectivity index (χ2n) is 6.60. The number of hydrogen-bond donors (Lipinski definition) is 2. The molecule has 2 bridgehead atoms. The highest BCUT2D eigenvalue weighted by Crippen LogP contribution is 2.32. The van der Waals surface area contributed by atoms with Crippen LogP contribution in [0.25, 0.3) is 0 Å². The van der Waals surface area contributed by atoms with E-state index in [-0.39, 0.29) is 24.2 Å². The van der Waals surface area contributed by atoms with Gasteiger partial charge < -0.3 is 15.2 Å². The van der Waals surface area contributed by atoms with Crippen LogP contribution in [0.3, 0.4) is 0 Å². The van der Waals surface area contributed by atoms with E-state index in [4.69, 9.17) is 4.74 Å². The normalized spacial score (nSPS) is 32.3. The van der Waals surface area contributed by atoms with Crippen molar-refractivity contribution in [1.29, 1.82) is 0 Å². The smallest absolute Gasteiger partial charge is 0.410 e. The molecule has 4 atom stereocenters. The fourth-order valence-electron chi connectivity index (χ4n) is 3.12. The van der Waals surface area contributed by atoms with Crippen molar-refractivity contribution in [3.63, 3.8) is 0 Å². The summed E-state index contributed by atoms with van der Waals surface area (Å²) < 4.78 is 5.50. The molecule has 0 radical (unpaired) electrons. The van der Waals surface area contributed by atoms with E-state index in [0.29, 0.717) is 6.42 Å². The van der Waals surface area contributed by atoms with Crippen molar-refractivity contribution >= 4 is 6.09 Å². The Morgan fingerprint density at radius 2 is 2.16 bits per heavy atom. The minimum atomic E-state index is -0.472. The van der Waals surface area contributed by atoms with E-state index in [1.54, 1.807) is 0 Å². The maximum atomic E-state index is 12.3. The van der Waals surface area contributed by atoms with Crippen LogP contribution in [-0.2, 0) is 4.74 Å². The van der Waals surface area contributed by atoms with Crippen LogP contribution in [0.1, 0.15) is 47.0 Å². The van der Waals surface area contributed by atoms with Crippen LogP contribution in [0.2, 0.25) is 0 Å². The van der Waals surface area contributed by atoms with Crippen LogP contribution in [0.4, 0.5) is 4.79 Å². The van der Waals surface area contributed by atoms with E-state index >= 15 is 0 Å². The molecule has 0 spiro atoms. The predicted molar refractivity (Wildman–Crippen MR) is 73.0 cm³/mol. The topological polar surface area (TPSA) is 61.8 Å². The second-order valence-corrected chi connectivity index (χ2v) is 6.60. The van der Waals surface area contributed by atoms with E-state index in [0.717, 1.165) is 19.4 Å². The van der Waals surface area contributed by atoms with Crippen LogP contribution in [0.5, 0.6) is 0 Å². The van der Waals surface area contributed by atoms with Gasteiger partial charge in [-0.15, -0.1) is 0 Å². The molecule has 19 heavy (non-hydrogen) atoms. The summed E-state index contributed by atoms with van der Waals surface area (Å²) in [6, 6.07) is 0.236. The number of carbonyl (C=O) groups is 1. The summed E-state index contributed by atoms with van der Waals surface area (Å²) in [7, 11) is 0. The maximum absolute atomic E-state index is 12.3. The number of nitrogens with zero attached hydrogens (tertiary/aromatic N) is 1. The Balaban J connectivity index is 2.10. The number of aliphatic hydroxyl groups excluding tert-OH is 1. The van der Waals surface area contributed by atoms with Crippen molar-refractivity contribution in [2.75, 3.05) is 6.54 Å². The van der Waals surface area contributed by atoms with E-state index < -0.39 is 11.7 Å². The van der Waals surface area contributed by atoms with E-state index in [2.05, 4.69) is 5.32 Å².